The molecule has 2 saturated heterocycles. The van der Waals surface area contributed by atoms with E-state index in [0.717, 1.165) is 25.9 Å². The van der Waals surface area contributed by atoms with Crippen LogP contribution in [0.2, 0.25) is 0 Å². The summed E-state index contributed by atoms with van der Waals surface area (Å²) in [7, 11) is -3.55. The Labute approximate surface area is 178 Å². The lowest BCUT2D eigenvalue weighted by atomic mass is 10.1. The molecule has 0 radical (unpaired) electrons. The molecule has 8 nitrogen and oxygen atoms in total. The number of nitrogens with zero attached hydrogens (tertiary/aromatic N) is 5. The van der Waals surface area contributed by atoms with E-state index in [9.17, 15) is 13.2 Å². The highest BCUT2D eigenvalue weighted by atomic mass is 32.2. The Balaban J connectivity index is 1.35. The van der Waals surface area contributed by atoms with E-state index in [1.165, 1.54) is 33.6 Å². The van der Waals surface area contributed by atoms with Gasteiger partial charge in [0.05, 0.1) is 6.33 Å². The minimum Gasteiger partial charge on any atom is -0.368 e. The molecule has 0 atom stereocenters. The minimum atomic E-state index is -3.55. The van der Waals surface area contributed by atoms with E-state index in [0.29, 0.717) is 26.2 Å². The number of amides is 1. The number of hydrogen-bond donors (Lipinski definition) is 0. The molecule has 162 valence electrons. The molecule has 2 aliphatic heterocycles. The van der Waals surface area contributed by atoms with Crippen LogP contribution in [-0.4, -0.2) is 72.3 Å². The zero-order chi connectivity index (χ0) is 21.3. The Hall–Kier alpha value is -2.39. The summed E-state index contributed by atoms with van der Waals surface area (Å²) in [5.74, 6) is -0.0156. The van der Waals surface area contributed by atoms with Crippen molar-refractivity contribution in [2.45, 2.75) is 38.3 Å². The topological polar surface area (TPSA) is 78.8 Å². The van der Waals surface area contributed by atoms with Crippen LogP contribution < -0.4 is 4.90 Å². The zero-order valence-corrected chi connectivity index (χ0v) is 18.4. The van der Waals surface area contributed by atoms with E-state index >= 15 is 0 Å². The average molecular weight is 432 g/mol. The second kappa shape index (κ2) is 8.39. The molecule has 0 saturated carbocycles. The van der Waals surface area contributed by atoms with Crippen molar-refractivity contribution in [3.63, 3.8) is 0 Å². The lowest BCUT2D eigenvalue weighted by Crippen LogP contribution is -2.49. The second-order valence-corrected chi connectivity index (χ2v) is 9.97. The first kappa shape index (κ1) is 20.9. The van der Waals surface area contributed by atoms with E-state index in [4.69, 9.17) is 0 Å². The van der Waals surface area contributed by atoms with Crippen molar-refractivity contribution in [1.82, 2.24) is 18.8 Å². The Bertz CT molecular complexity index is 1020. The van der Waals surface area contributed by atoms with Crippen LogP contribution in [0.15, 0.2) is 35.7 Å². The smallest absolute Gasteiger partial charge is 0.262 e. The number of carbonyl (C=O) groups is 1. The van der Waals surface area contributed by atoms with Crippen LogP contribution in [0.5, 0.6) is 0 Å². The molecule has 1 amide bonds. The normalized spacial score (nSPS) is 18.2. The SMILES string of the molecule is Cc1cccc(N2CCN(C(=O)Cn3cnc(S(=O)(=O)N4CCCC4)c3)CC2)c1C. The van der Waals surface area contributed by atoms with Crippen LogP contribution in [0, 0.1) is 13.8 Å². The molecule has 3 heterocycles. The maximum atomic E-state index is 12.7. The predicted molar refractivity (Wildman–Crippen MR) is 115 cm³/mol. The molecule has 0 spiro atoms. The molecule has 4 rings (SSSR count). The predicted octanol–water partition coefficient (Wildman–Crippen LogP) is 1.63. The molecular formula is C21H29N5O3S. The average Bonchev–Trinajstić information content (AvgIpc) is 3.43. The van der Waals surface area contributed by atoms with Gasteiger partial charge in [0, 0.05) is 51.2 Å². The molecule has 0 aliphatic carbocycles. The fraction of sp³-hybridized carbons (Fsp3) is 0.524. The molecular weight excluding hydrogens is 402 g/mol. The van der Waals surface area contributed by atoms with Crippen molar-refractivity contribution < 1.29 is 13.2 Å². The van der Waals surface area contributed by atoms with Crippen molar-refractivity contribution in [3.05, 3.63) is 41.9 Å². The van der Waals surface area contributed by atoms with Crippen LogP contribution in [0.4, 0.5) is 5.69 Å². The van der Waals surface area contributed by atoms with Crippen molar-refractivity contribution in [2.75, 3.05) is 44.2 Å². The Morgan fingerprint density at radius 2 is 1.73 bits per heavy atom. The quantitative estimate of drug-likeness (QED) is 0.719. The number of rotatable bonds is 5. The van der Waals surface area contributed by atoms with Gasteiger partial charge in [-0.15, -0.1) is 0 Å². The summed E-state index contributed by atoms with van der Waals surface area (Å²) in [6.07, 6.45) is 4.67. The van der Waals surface area contributed by atoms with Crippen LogP contribution in [0.25, 0.3) is 0 Å². The van der Waals surface area contributed by atoms with E-state index in [1.807, 2.05) is 4.90 Å². The third-order valence-corrected chi connectivity index (χ3v) is 7.93. The number of aryl methyl sites for hydroxylation is 1. The van der Waals surface area contributed by atoms with Crippen molar-refractivity contribution in [1.29, 1.82) is 0 Å². The number of anilines is 1. The van der Waals surface area contributed by atoms with E-state index in [-0.39, 0.29) is 17.5 Å². The monoisotopic (exact) mass is 431 g/mol. The molecule has 2 fully saturated rings. The van der Waals surface area contributed by atoms with Gasteiger partial charge in [0.2, 0.25) is 5.91 Å². The molecule has 0 N–H and O–H groups in total. The summed E-state index contributed by atoms with van der Waals surface area (Å²) < 4.78 is 28.3. The van der Waals surface area contributed by atoms with Gasteiger partial charge in [-0.3, -0.25) is 4.79 Å². The summed E-state index contributed by atoms with van der Waals surface area (Å²) in [6.45, 7) is 8.31. The van der Waals surface area contributed by atoms with Gasteiger partial charge in [-0.2, -0.15) is 4.31 Å². The summed E-state index contributed by atoms with van der Waals surface area (Å²) in [4.78, 5) is 21.0. The van der Waals surface area contributed by atoms with Crippen molar-refractivity contribution in [3.8, 4) is 0 Å². The van der Waals surface area contributed by atoms with Crippen molar-refractivity contribution in [2.24, 2.45) is 0 Å². The van der Waals surface area contributed by atoms with Crippen molar-refractivity contribution >= 4 is 21.6 Å². The third-order valence-electron chi connectivity index (χ3n) is 6.15. The Morgan fingerprint density at radius 1 is 1.03 bits per heavy atom. The second-order valence-electron chi connectivity index (χ2n) is 8.08. The lowest BCUT2D eigenvalue weighted by molar-refractivity contribution is -0.132. The number of imidazole rings is 1. The molecule has 1 aromatic heterocycles. The van der Waals surface area contributed by atoms with Gasteiger partial charge in [0.15, 0.2) is 5.03 Å². The first-order chi connectivity index (χ1) is 14.4. The third kappa shape index (κ3) is 4.09. The highest BCUT2D eigenvalue weighted by molar-refractivity contribution is 7.89. The van der Waals surface area contributed by atoms with E-state index in [1.54, 1.807) is 4.57 Å². The minimum absolute atomic E-state index is 0.0156. The van der Waals surface area contributed by atoms with Gasteiger partial charge in [0.25, 0.3) is 10.0 Å². The van der Waals surface area contributed by atoms with Gasteiger partial charge in [0.1, 0.15) is 6.54 Å². The lowest BCUT2D eigenvalue weighted by Gasteiger charge is -2.37. The fourth-order valence-corrected chi connectivity index (χ4v) is 5.60. The standard InChI is InChI=1S/C21H29N5O3S/c1-17-6-5-7-19(18(17)2)24-10-12-25(13-11-24)21(27)15-23-14-20(22-16-23)30(28,29)26-8-3-4-9-26/h5-7,14,16H,3-4,8-13,15H2,1-2H3. The first-order valence-electron chi connectivity index (χ1n) is 10.5. The van der Waals surface area contributed by atoms with Gasteiger partial charge < -0.3 is 14.4 Å². The molecule has 0 unspecified atom stereocenters. The number of aromatic nitrogens is 2. The largest absolute Gasteiger partial charge is 0.368 e. The summed E-state index contributed by atoms with van der Waals surface area (Å²) in [5, 5.41) is 0.0249. The highest BCUT2D eigenvalue weighted by Crippen LogP contribution is 2.24. The van der Waals surface area contributed by atoms with Gasteiger partial charge in [-0.05, 0) is 43.9 Å². The number of carbonyl (C=O) groups excluding carboxylic acids is 1. The number of benzene rings is 1. The zero-order valence-electron chi connectivity index (χ0n) is 17.6. The first-order valence-corrected chi connectivity index (χ1v) is 11.9. The van der Waals surface area contributed by atoms with Gasteiger partial charge in [-0.1, -0.05) is 12.1 Å². The van der Waals surface area contributed by atoms with E-state index in [2.05, 4.69) is 41.9 Å². The Morgan fingerprint density at radius 3 is 2.43 bits per heavy atom. The maximum absolute atomic E-state index is 12.7. The number of piperazine rings is 1. The van der Waals surface area contributed by atoms with Crippen LogP contribution in [0.3, 0.4) is 0 Å². The molecule has 1 aromatic carbocycles. The van der Waals surface area contributed by atoms with Gasteiger partial charge in [-0.25, -0.2) is 13.4 Å². The number of hydrogen-bond acceptors (Lipinski definition) is 5. The Kier molecular flexibility index (Phi) is 5.84. The fourth-order valence-electron chi connectivity index (χ4n) is 4.15. The van der Waals surface area contributed by atoms with Crippen LogP contribution in [-0.2, 0) is 21.4 Å². The molecule has 30 heavy (non-hydrogen) atoms. The maximum Gasteiger partial charge on any atom is 0.262 e. The summed E-state index contributed by atoms with van der Waals surface area (Å²) >= 11 is 0. The van der Waals surface area contributed by atoms with Crippen LogP contribution in [0.1, 0.15) is 24.0 Å². The molecule has 2 aliphatic rings. The van der Waals surface area contributed by atoms with E-state index < -0.39 is 10.0 Å². The molecule has 9 heteroatoms. The molecule has 0 bridgehead atoms. The van der Waals surface area contributed by atoms with Gasteiger partial charge >= 0.3 is 0 Å². The highest BCUT2D eigenvalue weighted by Gasteiger charge is 2.29. The summed E-state index contributed by atoms with van der Waals surface area (Å²) in [5.41, 5.74) is 3.78. The molecule has 2 aromatic rings. The number of sulfonamides is 1. The van der Waals surface area contributed by atoms with Crippen LogP contribution >= 0.6 is 0 Å². The summed E-state index contributed by atoms with van der Waals surface area (Å²) in [6, 6.07) is 6.32.